The van der Waals surface area contributed by atoms with E-state index < -0.39 is 0 Å². The highest BCUT2D eigenvalue weighted by Gasteiger charge is 2.26. The molecule has 0 saturated heterocycles. The fraction of sp³-hybridized carbons (Fsp3) is 0.385. The van der Waals surface area contributed by atoms with E-state index in [9.17, 15) is 10.1 Å². The highest BCUT2D eigenvalue weighted by Crippen LogP contribution is 2.40. The van der Waals surface area contributed by atoms with Crippen LogP contribution in [0, 0.1) is 17.2 Å². The van der Waals surface area contributed by atoms with Gasteiger partial charge in [-0.25, -0.2) is 0 Å². The largest absolute Gasteiger partial charge is 0.492 e. The lowest BCUT2D eigenvalue weighted by molar-refractivity contribution is -0.125. The second kappa shape index (κ2) is 11.2. The minimum Gasteiger partial charge on any atom is -0.492 e. The summed E-state index contributed by atoms with van der Waals surface area (Å²) in [6.45, 7) is 4.72. The molecular weight excluding hydrogens is 478 g/mol. The first kappa shape index (κ1) is 25.2. The summed E-state index contributed by atoms with van der Waals surface area (Å²) in [4.78, 5) is 13.5. The monoisotopic (exact) mass is 507 g/mol. The van der Waals surface area contributed by atoms with E-state index in [-0.39, 0.29) is 11.9 Å². The van der Waals surface area contributed by atoms with Gasteiger partial charge in [-0.3, -0.25) is 9.52 Å². The maximum Gasteiger partial charge on any atom is 0.233 e. The third-order valence-electron chi connectivity index (χ3n) is 5.77. The van der Waals surface area contributed by atoms with Crippen molar-refractivity contribution < 1.29 is 9.53 Å². The molecule has 1 atom stereocenters. The molecule has 2 aromatic carbocycles. The molecule has 0 bridgehead atoms. The minimum absolute atomic E-state index is 0.0925. The van der Waals surface area contributed by atoms with Gasteiger partial charge in [0.1, 0.15) is 21.8 Å². The first-order valence-electron chi connectivity index (χ1n) is 11.6. The quantitative estimate of drug-likeness (QED) is 0.403. The van der Waals surface area contributed by atoms with Crippen molar-refractivity contribution in [2.45, 2.75) is 32.7 Å². The molecule has 1 aliphatic carbocycles. The summed E-state index contributed by atoms with van der Waals surface area (Å²) in [5, 5.41) is 20.2. The molecule has 0 radical (unpaired) electrons. The van der Waals surface area contributed by atoms with Gasteiger partial charge in [-0.2, -0.15) is 5.26 Å². The number of nitrogens with zero attached hydrogens (tertiary/aromatic N) is 4. The second-order valence-corrected chi connectivity index (χ2v) is 10.9. The van der Waals surface area contributed by atoms with E-state index in [0.29, 0.717) is 29.6 Å². The zero-order valence-corrected chi connectivity index (χ0v) is 22.0. The molecule has 35 heavy (non-hydrogen) atoms. The standard InChI is InChI=1S/C26H29N5O2S2/c1-16(2)14-33-23-11-8-17(12-18(23)13-27)25-28-29-26(35-25)21-7-5-6-20-19(21)9-10-22(20)30-34-15-24(32)31(3)4/h5-8,11-12,16,22,30H,9-10,14-15H2,1-4H3. The Hall–Kier alpha value is -2.93. The molecule has 1 aromatic heterocycles. The zero-order valence-electron chi connectivity index (χ0n) is 20.4. The lowest BCUT2D eigenvalue weighted by Crippen LogP contribution is -2.25. The molecule has 3 aromatic rings. The van der Waals surface area contributed by atoms with Crippen LogP contribution in [0.1, 0.15) is 43.0 Å². The fourth-order valence-electron chi connectivity index (χ4n) is 3.89. The molecule has 1 aliphatic rings. The van der Waals surface area contributed by atoms with E-state index in [2.05, 4.69) is 53.0 Å². The van der Waals surface area contributed by atoms with Crippen LogP contribution in [0.5, 0.6) is 5.75 Å². The summed E-state index contributed by atoms with van der Waals surface area (Å²) >= 11 is 2.99. The van der Waals surface area contributed by atoms with Gasteiger partial charge < -0.3 is 9.64 Å². The van der Waals surface area contributed by atoms with Crippen molar-refractivity contribution in [1.82, 2.24) is 19.8 Å². The molecule has 0 aliphatic heterocycles. The molecule has 0 fully saturated rings. The van der Waals surface area contributed by atoms with E-state index in [0.717, 1.165) is 34.0 Å². The van der Waals surface area contributed by atoms with Crippen LogP contribution in [-0.4, -0.2) is 47.5 Å². The van der Waals surface area contributed by atoms with Crippen LogP contribution in [0.25, 0.3) is 21.1 Å². The van der Waals surface area contributed by atoms with Gasteiger partial charge in [0.25, 0.3) is 0 Å². The van der Waals surface area contributed by atoms with Crippen molar-refractivity contribution in [3.63, 3.8) is 0 Å². The molecule has 7 nitrogen and oxygen atoms in total. The van der Waals surface area contributed by atoms with E-state index in [4.69, 9.17) is 4.74 Å². The van der Waals surface area contributed by atoms with Crippen molar-refractivity contribution >= 4 is 29.2 Å². The number of carbonyl (C=O) groups is 1. The van der Waals surface area contributed by atoms with Gasteiger partial charge >= 0.3 is 0 Å². The smallest absolute Gasteiger partial charge is 0.233 e. The van der Waals surface area contributed by atoms with Crippen molar-refractivity contribution in [2.75, 3.05) is 26.5 Å². The third-order valence-corrected chi connectivity index (χ3v) is 7.61. The van der Waals surface area contributed by atoms with Crippen molar-refractivity contribution in [1.29, 1.82) is 5.26 Å². The Labute approximate surface area is 214 Å². The van der Waals surface area contributed by atoms with E-state index in [1.807, 2.05) is 18.2 Å². The van der Waals surface area contributed by atoms with Crippen LogP contribution >= 0.6 is 23.3 Å². The highest BCUT2D eigenvalue weighted by atomic mass is 32.2. The molecule has 9 heteroatoms. The Morgan fingerprint density at radius 1 is 1.29 bits per heavy atom. The maximum absolute atomic E-state index is 11.9. The SMILES string of the molecule is CC(C)COc1ccc(-c2nnc(-c3cccc4c3CCC4NSCC(=O)N(C)C)s2)cc1C#N. The number of carbonyl (C=O) groups excluding carboxylic acids is 1. The molecule has 182 valence electrons. The third kappa shape index (κ3) is 5.84. The molecule has 0 spiro atoms. The Morgan fingerprint density at radius 3 is 2.83 bits per heavy atom. The number of nitriles is 1. The van der Waals surface area contributed by atoms with E-state index >= 15 is 0 Å². The van der Waals surface area contributed by atoms with Gasteiger partial charge in [0.15, 0.2) is 0 Å². The van der Waals surface area contributed by atoms with Crippen LogP contribution in [-0.2, 0) is 11.2 Å². The molecule has 1 unspecified atom stereocenters. The summed E-state index contributed by atoms with van der Waals surface area (Å²) in [6, 6.07) is 14.3. The number of ether oxygens (including phenoxy) is 1. The topological polar surface area (TPSA) is 91.1 Å². The number of hydrogen-bond acceptors (Lipinski definition) is 8. The Morgan fingerprint density at radius 2 is 2.09 bits per heavy atom. The van der Waals surface area contributed by atoms with Gasteiger partial charge in [-0.05, 0) is 48.1 Å². The minimum atomic E-state index is 0.0925. The summed E-state index contributed by atoms with van der Waals surface area (Å²) < 4.78 is 9.25. The van der Waals surface area contributed by atoms with Crippen LogP contribution < -0.4 is 9.46 Å². The lowest BCUT2D eigenvalue weighted by atomic mass is 10.0. The van der Waals surface area contributed by atoms with Crippen molar-refractivity contribution in [2.24, 2.45) is 5.92 Å². The predicted octanol–water partition coefficient (Wildman–Crippen LogP) is 5.09. The van der Waals surface area contributed by atoms with E-state index in [1.54, 1.807) is 19.0 Å². The Bertz CT molecular complexity index is 1250. The Balaban J connectivity index is 1.52. The van der Waals surface area contributed by atoms with Gasteiger partial charge in [0, 0.05) is 31.3 Å². The number of fused-ring (bicyclic) bond motifs is 1. The first-order chi connectivity index (χ1) is 16.9. The van der Waals surface area contributed by atoms with Crippen LogP contribution in [0.3, 0.4) is 0 Å². The van der Waals surface area contributed by atoms with Gasteiger partial charge in [-0.1, -0.05) is 55.3 Å². The zero-order chi connectivity index (χ0) is 24.9. The Kier molecular flexibility index (Phi) is 8.06. The van der Waals surface area contributed by atoms with Gasteiger partial charge in [0.2, 0.25) is 5.91 Å². The predicted molar refractivity (Wildman–Crippen MR) is 141 cm³/mol. The average molecular weight is 508 g/mol. The number of hydrogen-bond donors (Lipinski definition) is 1. The number of rotatable bonds is 9. The van der Waals surface area contributed by atoms with Crippen molar-refractivity contribution in [3.8, 4) is 33.0 Å². The van der Waals surface area contributed by atoms with Crippen LogP contribution in [0.2, 0.25) is 0 Å². The normalized spacial score (nSPS) is 14.6. The van der Waals surface area contributed by atoms with Crippen molar-refractivity contribution in [3.05, 3.63) is 53.1 Å². The van der Waals surface area contributed by atoms with Gasteiger partial charge in [0.05, 0.1) is 17.9 Å². The van der Waals surface area contributed by atoms with Crippen LogP contribution in [0.4, 0.5) is 0 Å². The van der Waals surface area contributed by atoms with E-state index in [1.165, 1.54) is 34.4 Å². The molecule has 1 amide bonds. The molecular formula is C26H29N5O2S2. The molecule has 1 N–H and O–H groups in total. The summed E-state index contributed by atoms with van der Waals surface area (Å²) in [5.41, 5.74) is 4.99. The van der Waals surface area contributed by atoms with Gasteiger partial charge in [-0.15, -0.1) is 10.2 Å². The molecule has 4 rings (SSSR count). The average Bonchev–Trinajstić information content (AvgIpc) is 3.50. The summed E-state index contributed by atoms with van der Waals surface area (Å²) in [6.07, 6.45) is 1.92. The maximum atomic E-state index is 11.9. The second-order valence-electron chi connectivity index (χ2n) is 9.10. The molecule has 0 saturated carbocycles. The fourth-order valence-corrected chi connectivity index (χ4v) is 5.70. The molecule has 1 heterocycles. The number of aromatic nitrogens is 2. The number of benzene rings is 2. The van der Waals surface area contributed by atoms with Crippen LogP contribution in [0.15, 0.2) is 36.4 Å². The first-order valence-corrected chi connectivity index (χ1v) is 13.4. The lowest BCUT2D eigenvalue weighted by Gasteiger charge is -2.15. The number of nitrogens with one attached hydrogen (secondary N) is 1. The number of amides is 1. The summed E-state index contributed by atoms with van der Waals surface area (Å²) in [7, 11) is 3.54. The highest BCUT2D eigenvalue weighted by molar-refractivity contribution is 7.98. The summed E-state index contributed by atoms with van der Waals surface area (Å²) in [5.74, 6) is 1.48.